The zero-order chi connectivity index (χ0) is 21.5. The van der Waals surface area contributed by atoms with Crippen LogP contribution in [0.4, 0.5) is 0 Å². The van der Waals surface area contributed by atoms with Crippen molar-refractivity contribution in [2.75, 3.05) is 19.6 Å². The molecule has 1 unspecified atom stereocenters. The summed E-state index contributed by atoms with van der Waals surface area (Å²) in [6, 6.07) is 23.9. The van der Waals surface area contributed by atoms with Gasteiger partial charge in [0.15, 0.2) is 0 Å². The predicted molar refractivity (Wildman–Crippen MR) is 128 cm³/mol. The molecule has 4 nitrogen and oxygen atoms in total. The third-order valence-electron chi connectivity index (χ3n) is 6.07. The minimum Gasteiger partial charge on any atom is -0.303 e. The Morgan fingerprint density at radius 1 is 0.935 bits per heavy atom. The molecule has 2 heterocycles. The summed E-state index contributed by atoms with van der Waals surface area (Å²) < 4.78 is 29.0. The summed E-state index contributed by atoms with van der Waals surface area (Å²) in [4.78, 5) is 2.48. The molecule has 0 radical (unpaired) electrons. The number of hydrogen-bond donors (Lipinski definition) is 1. The van der Waals surface area contributed by atoms with Crippen LogP contribution in [0.2, 0.25) is 0 Å². The first-order valence-electron chi connectivity index (χ1n) is 11.0. The molecular formula is C25H30N2O2S2. The number of hydrogen-bond acceptors (Lipinski definition) is 4. The maximum absolute atomic E-state index is 12.8. The van der Waals surface area contributed by atoms with Gasteiger partial charge in [0.25, 0.3) is 10.0 Å². The van der Waals surface area contributed by atoms with Crippen molar-refractivity contribution in [3.63, 3.8) is 0 Å². The molecule has 0 saturated carbocycles. The number of piperidine rings is 1. The second kappa shape index (κ2) is 10.6. The van der Waals surface area contributed by atoms with Crippen LogP contribution in [0, 0.1) is 5.92 Å². The van der Waals surface area contributed by atoms with Crippen LogP contribution in [0.5, 0.6) is 0 Å². The number of rotatable bonds is 9. The first-order chi connectivity index (χ1) is 15.1. The van der Waals surface area contributed by atoms with Gasteiger partial charge in [-0.3, -0.25) is 0 Å². The molecule has 1 fully saturated rings. The molecule has 2 aromatic carbocycles. The average molecular weight is 455 g/mol. The number of likely N-dealkylation sites (tertiary alicyclic amines) is 1. The van der Waals surface area contributed by atoms with E-state index in [0.717, 1.165) is 44.0 Å². The Morgan fingerprint density at radius 2 is 1.61 bits per heavy atom. The lowest BCUT2D eigenvalue weighted by Crippen LogP contribution is -2.37. The number of benzene rings is 2. The first-order valence-corrected chi connectivity index (χ1v) is 13.3. The van der Waals surface area contributed by atoms with Gasteiger partial charge in [-0.15, -0.1) is 11.3 Å². The summed E-state index contributed by atoms with van der Waals surface area (Å²) in [7, 11) is -3.51. The van der Waals surface area contributed by atoms with Crippen molar-refractivity contribution in [1.82, 2.24) is 9.62 Å². The lowest BCUT2D eigenvalue weighted by atomic mass is 9.90. The third kappa shape index (κ3) is 6.26. The van der Waals surface area contributed by atoms with E-state index in [1.165, 1.54) is 29.7 Å². The monoisotopic (exact) mass is 454 g/mol. The van der Waals surface area contributed by atoms with E-state index in [9.17, 15) is 8.42 Å². The van der Waals surface area contributed by atoms with E-state index in [4.69, 9.17) is 0 Å². The van der Waals surface area contributed by atoms with Crippen molar-refractivity contribution < 1.29 is 8.42 Å². The highest BCUT2D eigenvalue weighted by molar-refractivity contribution is 7.91. The van der Waals surface area contributed by atoms with Crippen LogP contribution >= 0.6 is 11.3 Å². The van der Waals surface area contributed by atoms with Crippen LogP contribution in [0.1, 0.15) is 36.4 Å². The normalized spacial score (nSPS) is 16.9. The molecule has 4 rings (SSSR count). The Labute approximate surface area is 190 Å². The quantitative estimate of drug-likeness (QED) is 0.489. The van der Waals surface area contributed by atoms with E-state index in [-0.39, 0.29) is 6.04 Å². The molecule has 0 bridgehead atoms. The second-order valence-electron chi connectivity index (χ2n) is 8.28. The molecule has 0 spiro atoms. The molecule has 3 aromatic rings. The van der Waals surface area contributed by atoms with E-state index in [1.807, 2.05) is 30.3 Å². The maximum atomic E-state index is 12.8. The van der Waals surface area contributed by atoms with Crippen molar-refractivity contribution in [1.29, 1.82) is 0 Å². The molecule has 164 valence electrons. The van der Waals surface area contributed by atoms with Crippen LogP contribution in [-0.2, 0) is 16.4 Å². The van der Waals surface area contributed by atoms with Gasteiger partial charge in [0.1, 0.15) is 4.21 Å². The smallest absolute Gasteiger partial charge is 0.250 e. The molecule has 0 aliphatic carbocycles. The standard InChI is InChI=1S/C25H30N2O2S2/c28-31(29,25-12-7-19-30-25)26-24(23-10-5-2-6-11-23)15-18-27-16-13-22(14-17-27)20-21-8-3-1-4-9-21/h1-12,19,22,24,26H,13-18,20H2. The number of sulfonamides is 1. The zero-order valence-electron chi connectivity index (χ0n) is 17.7. The molecular weight excluding hydrogens is 424 g/mol. The van der Waals surface area contributed by atoms with Crippen LogP contribution in [0.3, 0.4) is 0 Å². The molecule has 0 amide bonds. The highest BCUT2D eigenvalue weighted by atomic mass is 32.2. The van der Waals surface area contributed by atoms with Gasteiger partial charge in [-0.2, -0.15) is 0 Å². The summed E-state index contributed by atoms with van der Waals surface area (Å²) >= 11 is 1.25. The topological polar surface area (TPSA) is 49.4 Å². The largest absolute Gasteiger partial charge is 0.303 e. The van der Waals surface area contributed by atoms with Crippen molar-refractivity contribution in [2.45, 2.75) is 35.9 Å². The SMILES string of the molecule is O=S(=O)(NC(CCN1CCC(Cc2ccccc2)CC1)c1ccccc1)c1cccs1. The fourth-order valence-corrected chi connectivity index (χ4v) is 6.58. The lowest BCUT2D eigenvalue weighted by molar-refractivity contribution is 0.178. The number of nitrogens with zero attached hydrogens (tertiary/aromatic N) is 1. The van der Waals surface area contributed by atoms with Gasteiger partial charge in [0, 0.05) is 6.04 Å². The molecule has 1 atom stereocenters. The molecule has 1 aromatic heterocycles. The van der Waals surface area contributed by atoms with E-state index in [2.05, 4.69) is 40.0 Å². The molecule has 1 aliphatic rings. The number of thiophene rings is 1. The van der Waals surface area contributed by atoms with Crippen LogP contribution in [0.25, 0.3) is 0 Å². The summed E-state index contributed by atoms with van der Waals surface area (Å²) in [6.07, 6.45) is 4.32. The van der Waals surface area contributed by atoms with Crippen LogP contribution in [0.15, 0.2) is 82.4 Å². The van der Waals surface area contributed by atoms with E-state index in [1.54, 1.807) is 17.5 Å². The molecule has 1 aliphatic heterocycles. The van der Waals surface area contributed by atoms with Crippen LogP contribution < -0.4 is 4.72 Å². The van der Waals surface area contributed by atoms with Crippen molar-refractivity contribution in [2.24, 2.45) is 5.92 Å². The van der Waals surface area contributed by atoms with E-state index < -0.39 is 10.0 Å². The highest BCUT2D eigenvalue weighted by Gasteiger charge is 2.24. The molecule has 1 N–H and O–H groups in total. The van der Waals surface area contributed by atoms with Crippen molar-refractivity contribution in [3.05, 3.63) is 89.3 Å². The van der Waals surface area contributed by atoms with Gasteiger partial charge in [0.2, 0.25) is 0 Å². The lowest BCUT2D eigenvalue weighted by Gasteiger charge is -2.33. The predicted octanol–water partition coefficient (Wildman–Crippen LogP) is 5.11. The van der Waals surface area contributed by atoms with Crippen LogP contribution in [-0.4, -0.2) is 33.0 Å². The molecule has 1 saturated heterocycles. The first kappa shape index (κ1) is 22.2. The Balaban J connectivity index is 1.34. The Bertz CT molecular complexity index is 1010. The van der Waals surface area contributed by atoms with Gasteiger partial charge in [-0.1, -0.05) is 66.7 Å². The highest BCUT2D eigenvalue weighted by Crippen LogP contribution is 2.25. The van der Waals surface area contributed by atoms with Crippen molar-refractivity contribution >= 4 is 21.4 Å². The van der Waals surface area contributed by atoms with E-state index >= 15 is 0 Å². The fourth-order valence-electron chi connectivity index (χ4n) is 4.31. The summed E-state index contributed by atoms with van der Waals surface area (Å²) in [5.74, 6) is 0.737. The maximum Gasteiger partial charge on any atom is 0.250 e. The molecule has 6 heteroatoms. The Morgan fingerprint density at radius 3 is 2.26 bits per heavy atom. The van der Waals surface area contributed by atoms with Crippen molar-refractivity contribution in [3.8, 4) is 0 Å². The minimum atomic E-state index is -3.51. The number of nitrogens with one attached hydrogen (secondary N) is 1. The summed E-state index contributed by atoms with van der Waals surface area (Å²) in [6.45, 7) is 3.05. The van der Waals surface area contributed by atoms with Gasteiger partial charge >= 0.3 is 0 Å². The fraction of sp³-hybridized carbons (Fsp3) is 0.360. The Kier molecular flexibility index (Phi) is 7.56. The molecule has 31 heavy (non-hydrogen) atoms. The van der Waals surface area contributed by atoms with Gasteiger partial charge < -0.3 is 4.90 Å². The third-order valence-corrected chi connectivity index (χ3v) is 8.94. The van der Waals surface area contributed by atoms with E-state index in [0.29, 0.717) is 4.21 Å². The van der Waals surface area contributed by atoms with Gasteiger partial charge in [-0.25, -0.2) is 13.1 Å². The summed E-state index contributed by atoms with van der Waals surface area (Å²) in [5, 5.41) is 1.80. The second-order valence-corrected chi connectivity index (χ2v) is 11.2. The minimum absolute atomic E-state index is 0.227. The summed E-state index contributed by atoms with van der Waals surface area (Å²) in [5.41, 5.74) is 2.44. The van der Waals surface area contributed by atoms with Gasteiger partial charge in [-0.05, 0) is 73.8 Å². The zero-order valence-corrected chi connectivity index (χ0v) is 19.3. The average Bonchev–Trinajstić information content (AvgIpc) is 3.35. The Hall–Kier alpha value is -1.99. The van der Waals surface area contributed by atoms with Gasteiger partial charge in [0.05, 0.1) is 0 Å².